The topological polar surface area (TPSA) is 19.5 Å². The Labute approximate surface area is 125 Å². The third-order valence-electron chi connectivity index (χ3n) is 2.92. The maximum absolute atomic E-state index is 13.8. The number of rotatable bonds is 2. The number of aliphatic imine (C=N–C) groups is 1. The highest BCUT2D eigenvalue weighted by atomic mass is 19.4. The van der Waals surface area contributed by atoms with Gasteiger partial charge in [0.2, 0.25) is 0 Å². The molecular weight excluding hydrogens is 298 g/mol. The molecule has 0 aliphatic carbocycles. The molecule has 0 saturated carbocycles. The van der Waals surface area contributed by atoms with Crippen LogP contribution in [-0.2, 0) is 0 Å². The average molecular weight is 312 g/mol. The summed E-state index contributed by atoms with van der Waals surface area (Å²) in [6, 6.07) is 8.45. The second-order valence-electron chi connectivity index (χ2n) is 4.74. The Bertz CT molecular complexity index is 676. The fourth-order valence-electron chi connectivity index (χ4n) is 1.88. The zero-order valence-electron chi connectivity index (χ0n) is 12.0. The maximum Gasteiger partial charge on any atom is 0.603 e. The highest BCUT2D eigenvalue weighted by Crippen LogP contribution is 2.19. The van der Waals surface area contributed by atoms with E-state index in [9.17, 15) is 17.6 Å². The molecule has 1 aromatic heterocycles. The second-order valence-corrected chi connectivity index (χ2v) is 4.74. The molecule has 0 aliphatic rings. The van der Waals surface area contributed by atoms with E-state index < -0.39 is 18.0 Å². The van der Waals surface area contributed by atoms with Crippen LogP contribution >= 0.6 is 0 Å². The van der Waals surface area contributed by atoms with Crippen molar-refractivity contribution in [1.29, 1.82) is 0 Å². The number of pyridine rings is 1. The van der Waals surface area contributed by atoms with E-state index in [1.165, 1.54) is 30.6 Å². The lowest BCUT2D eigenvalue weighted by atomic mass is 10.2. The van der Waals surface area contributed by atoms with Crippen LogP contribution in [0.4, 0.5) is 23.2 Å². The molecule has 2 aromatic rings. The smallest absolute Gasteiger partial charge is 0.377 e. The van der Waals surface area contributed by atoms with Gasteiger partial charge in [-0.25, -0.2) is 8.96 Å². The lowest BCUT2D eigenvalue weighted by Crippen LogP contribution is -2.44. The molecule has 116 valence electrons. The first kappa shape index (κ1) is 15.9. The zero-order chi connectivity index (χ0) is 16.3. The van der Waals surface area contributed by atoms with Gasteiger partial charge in [-0.15, -0.1) is 13.2 Å². The van der Waals surface area contributed by atoms with Gasteiger partial charge in [0.05, 0.1) is 12.4 Å². The van der Waals surface area contributed by atoms with Crippen LogP contribution < -0.4 is 9.47 Å². The Morgan fingerprint density at radius 1 is 1.05 bits per heavy atom. The fourth-order valence-corrected chi connectivity index (χ4v) is 1.88. The van der Waals surface area contributed by atoms with Crippen LogP contribution in [0.1, 0.15) is 5.56 Å². The minimum absolute atomic E-state index is 0.220. The van der Waals surface area contributed by atoms with E-state index in [1.807, 2.05) is 0 Å². The lowest BCUT2D eigenvalue weighted by Gasteiger charge is -2.11. The Kier molecular flexibility index (Phi) is 4.44. The van der Waals surface area contributed by atoms with Crippen molar-refractivity contribution in [3.05, 3.63) is 60.2 Å². The molecule has 1 aromatic carbocycles. The molecule has 0 N–H and O–H groups in total. The molecule has 1 heterocycles. The van der Waals surface area contributed by atoms with Gasteiger partial charge in [-0.3, -0.25) is 0 Å². The molecule has 0 bridgehead atoms. The van der Waals surface area contributed by atoms with Crippen molar-refractivity contribution in [3.63, 3.8) is 0 Å². The summed E-state index contributed by atoms with van der Waals surface area (Å²) in [5.74, 6) is -1.29. The molecular formula is C15H14F4N3+. The van der Waals surface area contributed by atoms with Crippen LogP contribution in [0.25, 0.3) is 0 Å². The Morgan fingerprint density at radius 2 is 1.64 bits per heavy atom. The van der Waals surface area contributed by atoms with Crippen molar-refractivity contribution in [1.82, 2.24) is 0 Å². The van der Waals surface area contributed by atoms with Gasteiger partial charge in [0.1, 0.15) is 11.4 Å². The van der Waals surface area contributed by atoms with Gasteiger partial charge in [-0.1, -0.05) is 12.1 Å². The summed E-state index contributed by atoms with van der Waals surface area (Å²) < 4.78 is 53.0. The first-order valence-electron chi connectivity index (χ1n) is 6.38. The molecule has 3 nitrogen and oxygen atoms in total. The second kappa shape index (κ2) is 6.13. The summed E-state index contributed by atoms with van der Waals surface area (Å²) in [7, 11) is 3.61. The Balaban J connectivity index is 2.55. The van der Waals surface area contributed by atoms with E-state index in [-0.39, 0.29) is 5.56 Å². The summed E-state index contributed by atoms with van der Waals surface area (Å²) in [5, 5.41) is 0. The molecule has 0 aliphatic heterocycles. The van der Waals surface area contributed by atoms with Crippen molar-refractivity contribution in [2.45, 2.75) is 6.30 Å². The van der Waals surface area contributed by atoms with Crippen LogP contribution in [0.15, 0.2) is 53.8 Å². The first-order valence-corrected chi connectivity index (χ1v) is 6.38. The highest BCUT2D eigenvalue weighted by molar-refractivity contribution is 5.92. The quantitative estimate of drug-likeness (QED) is 0.274. The SMILES string of the molecule is CN(C)c1cc[n+](/C(=N/C(F)(F)F)c2ccccc2F)cc1. The minimum Gasteiger partial charge on any atom is -0.377 e. The van der Waals surface area contributed by atoms with Crippen molar-refractivity contribution in [2.24, 2.45) is 4.99 Å². The number of anilines is 1. The summed E-state index contributed by atoms with van der Waals surface area (Å²) in [4.78, 5) is 4.51. The normalized spacial score (nSPS) is 12.4. The van der Waals surface area contributed by atoms with E-state index >= 15 is 0 Å². The van der Waals surface area contributed by atoms with Gasteiger partial charge in [-0.2, -0.15) is 0 Å². The Morgan fingerprint density at radius 3 is 2.14 bits per heavy atom. The van der Waals surface area contributed by atoms with E-state index in [2.05, 4.69) is 4.99 Å². The molecule has 7 heteroatoms. The first-order chi connectivity index (χ1) is 10.3. The van der Waals surface area contributed by atoms with Crippen molar-refractivity contribution in [3.8, 4) is 0 Å². The predicted molar refractivity (Wildman–Crippen MR) is 75.4 cm³/mol. The average Bonchev–Trinajstić information content (AvgIpc) is 2.45. The molecule has 0 atom stereocenters. The van der Waals surface area contributed by atoms with Crippen LogP contribution in [0.3, 0.4) is 0 Å². The van der Waals surface area contributed by atoms with E-state index in [0.717, 1.165) is 16.3 Å². The van der Waals surface area contributed by atoms with Crippen molar-refractivity contribution >= 4 is 11.5 Å². The van der Waals surface area contributed by atoms with E-state index in [4.69, 9.17) is 0 Å². The summed E-state index contributed by atoms with van der Waals surface area (Å²) >= 11 is 0. The molecule has 0 fully saturated rings. The van der Waals surface area contributed by atoms with Crippen molar-refractivity contribution < 1.29 is 22.1 Å². The lowest BCUT2D eigenvalue weighted by molar-refractivity contribution is -0.555. The Hall–Kier alpha value is -2.44. The van der Waals surface area contributed by atoms with Gasteiger partial charge in [0.15, 0.2) is 0 Å². The van der Waals surface area contributed by atoms with Crippen LogP contribution in [0.2, 0.25) is 0 Å². The summed E-state index contributed by atoms with van der Waals surface area (Å²) in [6.45, 7) is 0. The van der Waals surface area contributed by atoms with Crippen LogP contribution in [0.5, 0.6) is 0 Å². The minimum atomic E-state index is -4.80. The van der Waals surface area contributed by atoms with Crippen LogP contribution in [0, 0.1) is 5.82 Å². The standard InChI is InChI=1S/C15H14F4N3/c1-21(2)11-7-9-22(10-8-11)14(20-15(17,18)19)12-5-3-4-6-13(12)16/h3-10H,1-2H3/q+1/b20-14+. The monoisotopic (exact) mass is 312 g/mol. The highest BCUT2D eigenvalue weighted by Gasteiger charge is 2.38. The zero-order valence-corrected chi connectivity index (χ0v) is 12.0. The van der Waals surface area contributed by atoms with Gasteiger partial charge in [-0.05, 0) is 12.1 Å². The predicted octanol–water partition coefficient (Wildman–Crippen LogP) is 2.99. The molecule has 0 unspecified atom stereocenters. The molecule has 0 saturated heterocycles. The van der Waals surface area contributed by atoms with Gasteiger partial charge in [0.25, 0.3) is 0 Å². The van der Waals surface area contributed by atoms with E-state index in [1.54, 1.807) is 31.1 Å². The molecule has 0 radical (unpaired) electrons. The third-order valence-corrected chi connectivity index (χ3v) is 2.92. The molecule has 2 rings (SSSR count). The number of alkyl halides is 3. The van der Waals surface area contributed by atoms with E-state index in [0.29, 0.717) is 0 Å². The third kappa shape index (κ3) is 3.81. The number of hydrogen-bond donors (Lipinski definition) is 0. The molecule has 0 amide bonds. The molecule has 22 heavy (non-hydrogen) atoms. The number of halogens is 4. The van der Waals surface area contributed by atoms with Gasteiger partial charge < -0.3 is 4.90 Å². The van der Waals surface area contributed by atoms with Gasteiger partial charge >= 0.3 is 12.1 Å². The summed E-state index contributed by atoms with van der Waals surface area (Å²) in [6.07, 6.45) is -1.98. The van der Waals surface area contributed by atoms with Gasteiger partial charge in [0, 0.05) is 36.9 Å². The number of benzene rings is 1. The van der Waals surface area contributed by atoms with Crippen LogP contribution in [-0.4, -0.2) is 26.2 Å². The largest absolute Gasteiger partial charge is 0.603 e. The number of nitrogens with zero attached hydrogens (tertiary/aromatic N) is 3. The summed E-state index contributed by atoms with van der Waals surface area (Å²) in [5.41, 5.74) is 0.582. The number of hydrogen-bond acceptors (Lipinski definition) is 2. The number of aromatic nitrogens is 1. The maximum atomic E-state index is 13.8. The fraction of sp³-hybridized carbons (Fsp3) is 0.200. The molecule has 0 spiro atoms. The van der Waals surface area contributed by atoms with Crippen molar-refractivity contribution in [2.75, 3.05) is 19.0 Å².